The van der Waals surface area contributed by atoms with Crippen LogP contribution in [-0.2, 0) is 24.0 Å². The summed E-state index contributed by atoms with van der Waals surface area (Å²) in [6, 6.07) is -4.05. The number of hydrogen-bond donors (Lipinski definition) is 7. The molecule has 0 aromatic heterocycles. The summed E-state index contributed by atoms with van der Waals surface area (Å²) in [6.45, 7) is 3.79. The number of rotatable bonds is 11. The van der Waals surface area contributed by atoms with E-state index >= 15 is 0 Å². The fourth-order valence-electron chi connectivity index (χ4n) is 1.89. The summed E-state index contributed by atoms with van der Waals surface area (Å²) in [6.07, 6.45) is -2.20. The Kier molecular flexibility index (Phi) is 9.96. The van der Waals surface area contributed by atoms with Crippen molar-refractivity contribution in [3.8, 4) is 0 Å². The molecule has 12 heteroatoms. The third-order valence-electron chi connectivity index (χ3n) is 3.51. The van der Waals surface area contributed by atoms with Crippen LogP contribution in [0.4, 0.5) is 0 Å². The van der Waals surface area contributed by atoms with E-state index in [0.717, 1.165) is 0 Å². The molecule has 0 spiro atoms. The SMILES string of the molecule is CC(C)C(N)C(=O)NC(C(=O)NC(CC(=O)O)C(=O)NCC(=O)O)C(C)O. The first-order chi connectivity index (χ1) is 12.4. The van der Waals surface area contributed by atoms with Gasteiger partial charge < -0.3 is 37.0 Å². The molecule has 27 heavy (non-hydrogen) atoms. The Hall–Kier alpha value is -2.73. The average molecular weight is 390 g/mol. The second-order valence-corrected chi connectivity index (χ2v) is 6.27. The maximum absolute atomic E-state index is 12.3. The van der Waals surface area contributed by atoms with Gasteiger partial charge in [-0.1, -0.05) is 13.8 Å². The maximum Gasteiger partial charge on any atom is 0.322 e. The number of carbonyl (C=O) groups excluding carboxylic acids is 3. The minimum Gasteiger partial charge on any atom is -0.481 e. The molecule has 0 aliphatic carbocycles. The third-order valence-corrected chi connectivity index (χ3v) is 3.51. The molecule has 0 bridgehead atoms. The number of amides is 3. The normalized spacial score (nSPS) is 15.2. The fourth-order valence-corrected chi connectivity index (χ4v) is 1.89. The van der Waals surface area contributed by atoms with E-state index in [9.17, 15) is 29.1 Å². The molecule has 4 unspecified atom stereocenters. The van der Waals surface area contributed by atoms with E-state index in [2.05, 4.69) is 10.6 Å². The molecule has 0 radical (unpaired) electrons. The third kappa shape index (κ3) is 8.96. The molecule has 3 amide bonds. The summed E-state index contributed by atoms with van der Waals surface area (Å²) < 4.78 is 0. The Morgan fingerprint density at radius 3 is 1.85 bits per heavy atom. The highest BCUT2D eigenvalue weighted by Crippen LogP contribution is 2.02. The first-order valence-electron chi connectivity index (χ1n) is 8.12. The van der Waals surface area contributed by atoms with Gasteiger partial charge in [0.05, 0.1) is 18.6 Å². The molecule has 0 rings (SSSR count). The van der Waals surface area contributed by atoms with Crippen molar-refractivity contribution in [1.82, 2.24) is 16.0 Å². The molecule has 12 nitrogen and oxygen atoms in total. The van der Waals surface area contributed by atoms with Gasteiger partial charge in [-0.3, -0.25) is 24.0 Å². The van der Waals surface area contributed by atoms with Gasteiger partial charge in [0, 0.05) is 0 Å². The predicted octanol–water partition coefficient (Wildman–Crippen LogP) is -3.00. The summed E-state index contributed by atoms with van der Waals surface area (Å²) >= 11 is 0. The van der Waals surface area contributed by atoms with Gasteiger partial charge in [0.15, 0.2) is 0 Å². The van der Waals surface area contributed by atoms with Crippen molar-refractivity contribution in [1.29, 1.82) is 0 Å². The number of aliphatic hydroxyl groups excluding tert-OH is 1. The van der Waals surface area contributed by atoms with E-state index in [-0.39, 0.29) is 5.92 Å². The first-order valence-corrected chi connectivity index (χ1v) is 8.12. The van der Waals surface area contributed by atoms with Gasteiger partial charge in [-0.15, -0.1) is 0 Å². The highest BCUT2D eigenvalue weighted by molar-refractivity contribution is 5.95. The van der Waals surface area contributed by atoms with E-state index in [4.69, 9.17) is 15.9 Å². The first kappa shape index (κ1) is 24.3. The number of hydrogen-bond acceptors (Lipinski definition) is 7. The molecule has 0 aliphatic heterocycles. The van der Waals surface area contributed by atoms with Gasteiger partial charge in [0.1, 0.15) is 18.6 Å². The minimum absolute atomic E-state index is 0.246. The Morgan fingerprint density at radius 1 is 0.889 bits per heavy atom. The monoisotopic (exact) mass is 390 g/mol. The van der Waals surface area contributed by atoms with Gasteiger partial charge in [-0.05, 0) is 12.8 Å². The van der Waals surface area contributed by atoms with Crippen LogP contribution in [0.5, 0.6) is 0 Å². The standard InChI is InChI=1S/C15H26N4O8/c1-6(2)11(16)14(26)19-12(7(3)20)15(27)18-8(4-9(21)22)13(25)17-5-10(23)24/h6-8,11-12,20H,4-5,16H2,1-3H3,(H,17,25)(H,18,27)(H,19,26)(H,21,22)(H,23,24). The largest absolute Gasteiger partial charge is 0.481 e. The van der Waals surface area contributed by atoms with E-state index in [0.29, 0.717) is 0 Å². The van der Waals surface area contributed by atoms with Gasteiger partial charge >= 0.3 is 11.9 Å². The van der Waals surface area contributed by atoms with Gasteiger partial charge in [0.25, 0.3) is 0 Å². The highest BCUT2D eigenvalue weighted by Gasteiger charge is 2.32. The summed E-state index contributed by atoms with van der Waals surface area (Å²) in [7, 11) is 0. The van der Waals surface area contributed by atoms with Gasteiger partial charge in [0.2, 0.25) is 17.7 Å². The van der Waals surface area contributed by atoms with E-state index < -0.39 is 66.9 Å². The maximum atomic E-state index is 12.3. The lowest BCUT2D eigenvalue weighted by Gasteiger charge is -2.25. The van der Waals surface area contributed by atoms with Crippen LogP contribution in [-0.4, -0.2) is 75.8 Å². The average Bonchev–Trinajstić information content (AvgIpc) is 2.54. The van der Waals surface area contributed by atoms with E-state index in [1.54, 1.807) is 13.8 Å². The van der Waals surface area contributed by atoms with Crippen LogP contribution in [0.2, 0.25) is 0 Å². The number of carbonyl (C=O) groups is 5. The zero-order chi connectivity index (χ0) is 21.3. The summed E-state index contributed by atoms with van der Waals surface area (Å²) in [5.41, 5.74) is 5.67. The molecule has 0 aromatic carbocycles. The second kappa shape index (κ2) is 11.1. The number of nitrogens with one attached hydrogen (secondary N) is 3. The minimum atomic E-state index is -1.61. The van der Waals surface area contributed by atoms with Crippen LogP contribution in [0.1, 0.15) is 27.2 Å². The van der Waals surface area contributed by atoms with Crippen LogP contribution in [0.15, 0.2) is 0 Å². The molecule has 8 N–H and O–H groups in total. The molecular formula is C15H26N4O8. The molecule has 0 saturated heterocycles. The van der Waals surface area contributed by atoms with Crippen molar-refractivity contribution >= 4 is 29.7 Å². The lowest BCUT2D eigenvalue weighted by molar-refractivity contribution is -0.142. The number of aliphatic hydroxyl groups is 1. The Morgan fingerprint density at radius 2 is 1.44 bits per heavy atom. The van der Waals surface area contributed by atoms with Crippen molar-refractivity contribution in [2.24, 2.45) is 11.7 Å². The van der Waals surface area contributed by atoms with E-state index in [1.807, 2.05) is 5.32 Å². The smallest absolute Gasteiger partial charge is 0.322 e. The Labute approximate surface area is 155 Å². The van der Waals surface area contributed by atoms with Crippen molar-refractivity contribution in [2.75, 3.05) is 6.54 Å². The van der Waals surface area contributed by atoms with Crippen LogP contribution in [0, 0.1) is 5.92 Å². The molecule has 154 valence electrons. The summed E-state index contributed by atoms with van der Waals surface area (Å²) in [5.74, 6) is -5.81. The Bertz CT molecular complexity index is 578. The molecular weight excluding hydrogens is 364 g/mol. The second-order valence-electron chi connectivity index (χ2n) is 6.27. The lowest BCUT2D eigenvalue weighted by Crippen LogP contribution is -2.59. The van der Waals surface area contributed by atoms with Crippen molar-refractivity contribution < 1.29 is 39.3 Å². The van der Waals surface area contributed by atoms with Gasteiger partial charge in [-0.2, -0.15) is 0 Å². The number of carboxylic acids is 2. The van der Waals surface area contributed by atoms with Crippen molar-refractivity contribution in [3.63, 3.8) is 0 Å². The van der Waals surface area contributed by atoms with Crippen LogP contribution in [0.25, 0.3) is 0 Å². The lowest BCUT2D eigenvalue weighted by atomic mass is 10.0. The molecule has 0 saturated carbocycles. The summed E-state index contributed by atoms with van der Waals surface area (Å²) in [4.78, 5) is 57.6. The number of carboxylic acid groups (broad SMARTS) is 2. The van der Waals surface area contributed by atoms with Crippen molar-refractivity contribution in [3.05, 3.63) is 0 Å². The summed E-state index contributed by atoms with van der Waals surface area (Å²) in [5, 5.41) is 33.5. The fraction of sp³-hybridized carbons (Fsp3) is 0.667. The number of nitrogens with two attached hydrogens (primary N) is 1. The van der Waals surface area contributed by atoms with Crippen molar-refractivity contribution in [2.45, 2.75) is 51.4 Å². The highest BCUT2D eigenvalue weighted by atomic mass is 16.4. The molecule has 0 fully saturated rings. The Balaban J connectivity index is 5.21. The van der Waals surface area contributed by atoms with Crippen LogP contribution < -0.4 is 21.7 Å². The van der Waals surface area contributed by atoms with Gasteiger partial charge in [-0.25, -0.2) is 0 Å². The topological polar surface area (TPSA) is 208 Å². The van der Waals surface area contributed by atoms with E-state index in [1.165, 1.54) is 6.92 Å². The molecule has 0 aliphatic rings. The molecule has 0 aromatic rings. The quantitative estimate of drug-likeness (QED) is 0.191. The number of aliphatic carboxylic acids is 2. The molecule has 4 atom stereocenters. The zero-order valence-electron chi connectivity index (χ0n) is 15.3. The zero-order valence-corrected chi connectivity index (χ0v) is 15.3. The van der Waals surface area contributed by atoms with Crippen LogP contribution >= 0.6 is 0 Å². The van der Waals surface area contributed by atoms with Crippen LogP contribution in [0.3, 0.4) is 0 Å². The predicted molar refractivity (Wildman–Crippen MR) is 91.3 cm³/mol. The molecule has 0 heterocycles.